The van der Waals surface area contributed by atoms with Crippen molar-refractivity contribution in [1.82, 2.24) is 0 Å². The van der Waals surface area contributed by atoms with E-state index >= 15 is 0 Å². The molecule has 0 aliphatic rings. The van der Waals surface area contributed by atoms with E-state index in [9.17, 15) is 69.9 Å². The molecule has 624 valence electrons. The Morgan fingerprint density at radius 3 is 1.16 bits per heavy atom. The van der Waals surface area contributed by atoms with E-state index in [1.807, 2.05) is 72.8 Å². The van der Waals surface area contributed by atoms with Gasteiger partial charge in [-0.05, 0) is 237 Å². The molecular weight excluding hydrogens is 1740 g/mol. The van der Waals surface area contributed by atoms with Crippen LogP contribution in [0.4, 0.5) is 11.4 Å². The molecule has 25 nitrogen and oxygen atoms in total. The number of rotatable bonds is 12. The summed E-state index contributed by atoms with van der Waals surface area (Å²) in [6.45, 7) is 4.48. The number of primary sulfonamides is 1. The number of benzene rings is 14. The second kappa shape index (κ2) is 35.9. The number of anilines is 2. The Kier molecular flexibility index (Phi) is 24.4. The van der Waals surface area contributed by atoms with Gasteiger partial charge in [-0.25, -0.2) is 13.6 Å². The van der Waals surface area contributed by atoms with Crippen molar-refractivity contribution < 1.29 is 101 Å². The lowest BCUT2D eigenvalue weighted by atomic mass is 10.1. The number of phenols is 1. The zero-order chi connectivity index (χ0) is 89.0. The lowest BCUT2D eigenvalue weighted by molar-refractivity contribution is -0.115. The highest BCUT2D eigenvalue weighted by Gasteiger charge is 2.21. The van der Waals surface area contributed by atoms with Crippen molar-refractivity contribution in [3.05, 3.63) is 304 Å². The molecule has 21 aromatic rings. The van der Waals surface area contributed by atoms with Gasteiger partial charge in [0.1, 0.15) is 117 Å². The maximum Gasteiger partial charge on any atom is 0.294 e. The van der Waals surface area contributed by atoms with Crippen LogP contribution in [0.5, 0.6) is 5.75 Å². The molecule has 2 amide bonds. The molecular formula is C97H64BrN3O22S3. The van der Waals surface area contributed by atoms with E-state index in [1.54, 1.807) is 175 Å². The van der Waals surface area contributed by atoms with Crippen LogP contribution in [0.1, 0.15) is 104 Å². The van der Waals surface area contributed by atoms with Crippen molar-refractivity contribution >= 4 is 272 Å². The summed E-state index contributed by atoms with van der Waals surface area (Å²) in [5, 5.41) is 31.8. The second-order valence-corrected chi connectivity index (χ2v) is 33.5. The van der Waals surface area contributed by atoms with E-state index < -0.39 is 20.1 Å². The molecule has 29 heteroatoms. The van der Waals surface area contributed by atoms with Gasteiger partial charge in [-0.3, -0.25) is 52.5 Å². The third-order valence-corrected chi connectivity index (χ3v) is 23.4. The molecule has 0 saturated carbocycles. The smallest absolute Gasteiger partial charge is 0.294 e. The minimum absolute atomic E-state index is 0.00759. The molecule has 0 fully saturated rings. The van der Waals surface area contributed by atoms with Crippen molar-refractivity contribution in [3.8, 4) is 5.75 Å². The molecule has 0 spiro atoms. The first-order valence-corrected chi connectivity index (χ1v) is 42.5. The average molecular weight is 1800 g/mol. The van der Waals surface area contributed by atoms with Crippen molar-refractivity contribution in [2.75, 3.05) is 10.6 Å². The van der Waals surface area contributed by atoms with E-state index in [0.29, 0.717) is 106 Å². The molecule has 7 aromatic heterocycles. The molecule has 14 aromatic carbocycles. The van der Waals surface area contributed by atoms with Gasteiger partial charge in [0, 0.05) is 165 Å². The first-order valence-electron chi connectivity index (χ1n) is 37.9. The molecule has 0 bridgehead atoms. The molecule has 0 atom stereocenters. The zero-order valence-corrected chi connectivity index (χ0v) is 70.1. The minimum Gasteiger partial charge on any atom is -0.508 e. The Hall–Kier alpha value is -15.5. The molecule has 0 aliphatic carbocycles. The first kappa shape index (κ1) is 85.5. The predicted molar refractivity (Wildman–Crippen MR) is 489 cm³/mol. The number of nitrogens with one attached hydrogen (secondary N) is 2. The monoisotopic (exact) mass is 1800 g/mol. The third kappa shape index (κ3) is 18.3. The fourth-order valence-corrected chi connectivity index (χ4v) is 17.0. The number of carbonyl (C=O) groups excluding carboxylic acids is 10. The first-order chi connectivity index (χ1) is 60.6. The normalized spacial score (nSPS) is 11.3. The van der Waals surface area contributed by atoms with Gasteiger partial charge in [-0.1, -0.05) is 34.1 Å². The molecule has 21 rings (SSSR count). The Morgan fingerprint density at radius 2 is 0.698 bits per heavy atom. The van der Waals surface area contributed by atoms with Gasteiger partial charge in [0.2, 0.25) is 21.8 Å². The number of aldehydes is 7. The fourth-order valence-electron chi connectivity index (χ4n) is 14.2. The van der Waals surface area contributed by atoms with Gasteiger partial charge in [0.15, 0.2) is 5.78 Å². The third-order valence-electron chi connectivity index (χ3n) is 20.0. The van der Waals surface area contributed by atoms with Gasteiger partial charge in [-0.2, -0.15) is 8.42 Å². The molecule has 0 radical (unpaired) electrons. The fraction of sp³-hybridized carbons (Fsp3) is 0.0309. The lowest BCUT2D eigenvalue weighted by Gasteiger charge is -2.01. The van der Waals surface area contributed by atoms with Crippen LogP contribution in [-0.4, -0.2) is 88.1 Å². The number of furan rings is 6. The molecule has 0 saturated heterocycles. The number of amides is 2. The van der Waals surface area contributed by atoms with Crippen LogP contribution in [0.3, 0.4) is 0 Å². The van der Waals surface area contributed by atoms with Gasteiger partial charge < -0.3 is 42.2 Å². The number of thiophene rings is 1. The summed E-state index contributed by atoms with van der Waals surface area (Å²) in [5.74, 6) is -0.00562. The molecule has 126 heavy (non-hydrogen) atoms. The van der Waals surface area contributed by atoms with Gasteiger partial charge >= 0.3 is 0 Å². The Bertz CT molecular complexity index is 8180. The van der Waals surface area contributed by atoms with Crippen LogP contribution in [0.25, 0.3) is 152 Å². The van der Waals surface area contributed by atoms with Crippen molar-refractivity contribution in [2.45, 2.75) is 30.6 Å². The van der Waals surface area contributed by atoms with Crippen LogP contribution in [-0.2, 0) is 29.7 Å². The molecule has 6 N–H and O–H groups in total. The summed E-state index contributed by atoms with van der Waals surface area (Å²) >= 11 is 5.08. The summed E-state index contributed by atoms with van der Waals surface area (Å²) in [6, 6.07) is 72.7. The van der Waals surface area contributed by atoms with Crippen molar-refractivity contribution in [1.29, 1.82) is 0 Å². The number of carbonyl (C=O) groups is 10. The standard InChI is InChI=1S/C15H11NO3.C15H11NO2S.C15H10O3.C13H7BrO2.C13H9NO4S.C13H8O5S.C13H8O3/c1-9(18)16-11-3-5-15-13(7-11)12-6-10(8-17)2-4-14(12)19-15;1-9(18)16-11-3-4-12-13-6-10(8-17)2-5-14(13)19-15(12)7-11;1-9(17)11-3-5-15-13(7-11)12-6-10(8-16)2-4-14(12)18-15;14-9-2-4-13-11(6-9)10-5-8(7-15)1-3-12(10)16-13;14-19(16,17)12-3-1-2-11-13(12)9-6-8(7-15)4-5-10(9)18-11;14-7-8-1-4-12-11(5-8)10-3-2-9(19(15,16)17)6-13(10)18-12;14-7-8-1-3-12-10(5-8)11-6-9(15)2-4-13(11)16-12/h2*2-8H,1H3,(H,16,18);2-8H,1H3;1-7H;1-7H,(H2,14,16,17);1-7H,(H,15,16,17);1-7,15H. The van der Waals surface area contributed by atoms with E-state index in [0.717, 1.165) is 150 Å². The van der Waals surface area contributed by atoms with Crippen LogP contribution in [0, 0.1) is 0 Å². The number of Topliss-reactive ketones (excluding diaryl/α,β-unsaturated/α-hetero) is 1. The second-order valence-electron chi connectivity index (χ2n) is 28.5. The van der Waals surface area contributed by atoms with Gasteiger partial charge in [-0.15, -0.1) is 11.3 Å². The topological polar surface area (TPSA) is 408 Å². The summed E-state index contributed by atoms with van der Waals surface area (Å²) in [5.41, 5.74) is 14.0. The summed E-state index contributed by atoms with van der Waals surface area (Å²) in [6.07, 6.45) is 5.51. The maximum absolute atomic E-state index is 11.6. The van der Waals surface area contributed by atoms with E-state index in [-0.39, 0.29) is 33.1 Å². The zero-order valence-electron chi connectivity index (χ0n) is 66.0. The minimum atomic E-state index is -4.26. The number of hydrogen-bond donors (Lipinski definition) is 5. The SMILES string of the molecule is CC(=O)Nc1ccc2c(c1)sc1ccc(C=O)cc12.CC(=O)Nc1ccc2oc3ccc(C=O)cc3c2c1.CC(=O)c1ccc2oc3ccc(C=O)cc3c2c1.NS(=O)(=O)c1cccc2oc3ccc(C=O)cc3c12.O=Cc1ccc2oc3cc(S(=O)(=O)O)ccc3c2c1.O=Cc1ccc2oc3ccc(Br)cc3c2c1.O=Cc1ccc2oc3ccc(O)cc3c2c1. The highest BCUT2D eigenvalue weighted by Crippen LogP contribution is 2.40. The largest absolute Gasteiger partial charge is 0.508 e. The number of ketones is 1. The quantitative estimate of drug-likeness (QED) is 0.0431. The number of aromatic hydroxyl groups is 1. The van der Waals surface area contributed by atoms with Crippen molar-refractivity contribution in [2.24, 2.45) is 5.14 Å². The number of phenolic OH excluding ortho intramolecular Hbond substituents is 1. The van der Waals surface area contributed by atoms with Crippen LogP contribution < -0.4 is 15.8 Å². The molecule has 7 heterocycles. The van der Waals surface area contributed by atoms with Crippen molar-refractivity contribution in [3.63, 3.8) is 0 Å². The van der Waals surface area contributed by atoms with Crippen LogP contribution in [0.15, 0.2) is 296 Å². The van der Waals surface area contributed by atoms with E-state index in [4.69, 9.17) is 36.2 Å². The number of nitrogens with two attached hydrogens (primary N) is 1. The highest BCUT2D eigenvalue weighted by atomic mass is 79.9. The van der Waals surface area contributed by atoms with Crippen LogP contribution >= 0.6 is 27.3 Å². The lowest BCUT2D eigenvalue weighted by Crippen LogP contribution is -2.12. The molecule has 0 aliphatic heterocycles. The van der Waals surface area contributed by atoms with Crippen LogP contribution in [0.2, 0.25) is 0 Å². The Balaban J connectivity index is 0.000000114. The molecule has 0 unspecified atom stereocenters. The number of hydrogen-bond acceptors (Lipinski definition) is 22. The number of halogens is 1. The maximum atomic E-state index is 11.6. The summed E-state index contributed by atoms with van der Waals surface area (Å²) in [7, 11) is -8.12. The summed E-state index contributed by atoms with van der Waals surface area (Å²) in [4.78, 5) is 109. The van der Waals surface area contributed by atoms with E-state index in [2.05, 4.69) is 26.6 Å². The Labute approximate surface area is 724 Å². The summed E-state index contributed by atoms with van der Waals surface area (Å²) < 4.78 is 91.2. The number of fused-ring (bicyclic) bond motifs is 21. The Morgan fingerprint density at radius 1 is 0.341 bits per heavy atom. The van der Waals surface area contributed by atoms with E-state index in [1.165, 1.54) is 39.0 Å². The van der Waals surface area contributed by atoms with Gasteiger partial charge in [0.05, 0.1) is 9.79 Å². The number of sulfonamides is 1. The van der Waals surface area contributed by atoms with Gasteiger partial charge in [0.25, 0.3) is 10.1 Å². The average Bonchev–Trinajstić information content (AvgIpc) is 1.60. The highest BCUT2D eigenvalue weighted by molar-refractivity contribution is 9.10. The predicted octanol–water partition coefficient (Wildman–Crippen LogP) is 22.7.